The molecule has 4 nitrogen and oxygen atoms in total. The summed E-state index contributed by atoms with van der Waals surface area (Å²) < 4.78 is 16.9. The monoisotopic (exact) mass is 293 g/mol. The van der Waals surface area contributed by atoms with Gasteiger partial charge in [-0.25, -0.2) is 0 Å². The lowest BCUT2D eigenvalue weighted by atomic mass is 9.99. The zero-order chi connectivity index (χ0) is 15.2. The second kappa shape index (κ2) is 7.66. The Kier molecular flexibility index (Phi) is 5.88. The summed E-state index contributed by atoms with van der Waals surface area (Å²) in [5.74, 6) is 1.57. The number of methoxy groups -OCH3 is 1. The fourth-order valence-electron chi connectivity index (χ4n) is 2.94. The summed E-state index contributed by atoms with van der Waals surface area (Å²) in [7, 11) is 1.66. The summed E-state index contributed by atoms with van der Waals surface area (Å²) in [6.07, 6.45) is 2.77. The third kappa shape index (κ3) is 4.90. The Morgan fingerprint density at radius 3 is 2.43 bits per heavy atom. The first kappa shape index (κ1) is 16.1. The van der Waals surface area contributed by atoms with Crippen LogP contribution in [0.5, 0.6) is 11.5 Å². The van der Waals surface area contributed by atoms with Crippen LogP contribution in [0.3, 0.4) is 0 Å². The first-order valence-corrected chi connectivity index (χ1v) is 7.75. The number of ether oxygens (including phenoxy) is 3. The van der Waals surface area contributed by atoms with Crippen LogP contribution < -0.4 is 14.8 Å². The molecule has 21 heavy (non-hydrogen) atoms. The molecule has 118 valence electrons. The highest BCUT2D eigenvalue weighted by Crippen LogP contribution is 2.26. The van der Waals surface area contributed by atoms with Crippen molar-refractivity contribution >= 4 is 0 Å². The van der Waals surface area contributed by atoms with Crippen molar-refractivity contribution in [3.05, 3.63) is 24.3 Å². The van der Waals surface area contributed by atoms with Gasteiger partial charge in [-0.15, -0.1) is 0 Å². The van der Waals surface area contributed by atoms with E-state index < -0.39 is 0 Å². The molecule has 0 amide bonds. The predicted molar refractivity (Wildman–Crippen MR) is 84.1 cm³/mol. The fraction of sp³-hybridized carbons (Fsp3) is 0.647. The average molecular weight is 293 g/mol. The smallest absolute Gasteiger partial charge is 0.161 e. The van der Waals surface area contributed by atoms with Gasteiger partial charge in [-0.05, 0) is 45.7 Å². The van der Waals surface area contributed by atoms with Crippen LogP contribution in [-0.2, 0) is 4.74 Å². The van der Waals surface area contributed by atoms with Gasteiger partial charge >= 0.3 is 0 Å². The van der Waals surface area contributed by atoms with Gasteiger partial charge in [0.25, 0.3) is 0 Å². The van der Waals surface area contributed by atoms with Crippen molar-refractivity contribution in [2.24, 2.45) is 0 Å². The lowest BCUT2D eigenvalue weighted by Crippen LogP contribution is -2.46. The number of hydrogen-bond acceptors (Lipinski definition) is 4. The Balaban J connectivity index is 1.80. The average Bonchev–Trinajstić information content (AvgIpc) is 2.44. The molecule has 1 aromatic carbocycles. The van der Waals surface area contributed by atoms with Crippen LogP contribution in [0.25, 0.3) is 0 Å². The van der Waals surface area contributed by atoms with E-state index in [1.54, 1.807) is 7.11 Å². The highest BCUT2D eigenvalue weighted by molar-refractivity contribution is 5.39. The molecule has 1 heterocycles. The Labute approximate surface area is 127 Å². The molecule has 1 aliphatic rings. The lowest BCUT2D eigenvalue weighted by Gasteiger charge is -2.34. The molecule has 0 aliphatic carbocycles. The maximum atomic E-state index is 5.87. The van der Waals surface area contributed by atoms with E-state index in [9.17, 15) is 0 Å². The topological polar surface area (TPSA) is 39.7 Å². The van der Waals surface area contributed by atoms with Gasteiger partial charge in [0.1, 0.15) is 6.61 Å². The number of nitrogens with one attached hydrogen (secondary N) is 1. The number of benzene rings is 1. The van der Waals surface area contributed by atoms with Crippen molar-refractivity contribution in [2.75, 3.05) is 13.7 Å². The van der Waals surface area contributed by atoms with Crippen molar-refractivity contribution < 1.29 is 14.2 Å². The maximum absolute atomic E-state index is 5.87. The van der Waals surface area contributed by atoms with Crippen LogP contribution in [0, 0.1) is 0 Å². The molecule has 1 aromatic rings. The molecule has 1 saturated heterocycles. The third-order valence-electron chi connectivity index (χ3n) is 3.78. The highest BCUT2D eigenvalue weighted by atomic mass is 16.5. The maximum Gasteiger partial charge on any atom is 0.161 e. The van der Waals surface area contributed by atoms with E-state index in [0.29, 0.717) is 24.9 Å². The summed E-state index contributed by atoms with van der Waals surface area (Å²) in [5, 5.41) is 3.64. The summed E-state index contributed by atoms with van der Waals surface area (Å²) >= 11 is 0. The van der Waals surface area contributed by atoms with E-state index in [1.165, 1.54) is 0 Å². The van der Waals surface area contributed by atoms with Crippen LogP contribution >= 0.6 is 0 Å². The van der Waals surface area contributed by atoms with Crippen molar-refractivity contribution in [3.63, 3.8) is 0 Å². The Morgan fingerprint density at radius 2 is 1.81 bits per heavy atom. The van der Waals surface area contributed by atoms with Gasteiger partial charge in [-0.2, -0.15) is 0 Å². The molecule has 0 radical (unpaired) electrons. The van der Waals surface area contributed by atoms with E-state index in [4.69, 9.17) is 14.2 Å². The summed E-state index contributed by atoms with van der Waals surface area (Å²) in [5.41, 5.74) is 0. The summed E-state index contributed by atoms with van der Waals surface area (Å²) in [6, 6.07) is 8.53. The zero-order valence-corrected chi connectivity index (χ0v) is 13.5. The molecule has 0 unspecified atom stereocenters. The van der Waals surface area contributed by atoms with Crippen LogP contribution in [0.15, 0.2) is 24.3 Å². The van der Waals surface area contributed by atoms with Crippen LogP contribution in [0.1, 0.15) is 33.6 Å². The van der Waals surface area contributed by atoms with E-state index in [-0.39, 0.29) is 6.04 Å². The van der Waals surface area contributed by atoms with Crippen LogP contribution in [0.2, 0.25) is 0 Å². The second-order valence-electron chi connectivity index (χ2n) is 5.96. The van der Waals surface area contributed by atoms with Gasteiger partial charge in [0.2, 0.25) is 0 Å². The molecule has 0 bridgehead atoms. The van der Waals surface area contributed by atoms with E-state index in [0.717, 1.165) is 24.3 Å². The minimum Gasteiger partial charge on any atom is -0.493 e. The molecule has 4 heteroatoms. The molecular formula is C17H27NO3. The third-order valence-corrected chi connectivity index (χ3v) is 3.78. The fourth-order valence-corrected chi connectivity index (χ4v) is 2.94. The van der Waals surface area contributed by atoms with E-state index >= 15 is 0 Å². The largest absolute Gasteiger partial charge is 0.493 e. The normalized spacial score (nSPS) is 27.1. The number of hydrogen-bond donors (Lipinski definition) is 1. The molecule has 1 N–H and O–H groups in total. The van der Waals surface area contributed by atoms with Crippen LogP contribution in [0.4, 0.5) is 0 Å². The van der Waals surface area contributed by atoms with Crippen LogP contribution in [-0.4, -0.2) is 38.0 Å². The molecule has 0 saturated carbocycles. The standard InChI is InChI=1S/C17H27NO3/c1-12(18-15-9-13(2)21-14(3)10-15)11-20-17-8-6-5-7-16(17)19-4/h5-8,12-15,18H,9-11H2,1-4H3/t12-,13-,14-/m0/s1. The quantitative estimate of drug-likeness (QED) is 0.875. The number of rotatable bonds is 6. The van der Waals surface area contributed by atoms with Gasteiger partial charge < -0.3 is 19.5 Å². The Morgan fingerprint density at radius 1 is 1.19 bits per heavy atom. The molecule has 2 rings (SSSR count). The Bertz CT molecular complexity index is 428. The molecular weight excluding hydrogens is 266 g/mol. The van der Waals surface area contributed by atoms with Gasteiger partial charge in [0, 0.05) is 12.1 Å². The van der Waals surface area contributed by atoms with E-state index in [2.05, 4.69) is 26.1 Å². The van der Waals surface area contributed by atoms with E-state index in [1.807, 2.05) is 24.3 Å². The zero-order valence-electron chi connectivity index (χ0n) is 13.5. The summed E-state index contributed by atoms with van der Waals surface area (Å²) in [4.78, 5) is 0. The highest BCUT2D eigenvalue weighted by Gasteiger charge is 2.25. The molecule has 1 aliphatic heterocycles. The summed E-state index contributed by atoms with van der Waals surface area (Å²) in [6.45, 7) is 7.06. The van der Waals surface area contributed by atoms with Crippen molar-refractivity contribution in [1.82, 2.24) is 5.32 Å². The minimum absolute atomic E-state index is 0.289. The number of para-hydroxylation sites is 2. The molecule has 0 spiro atoms. The molecule has 0 aromatic heterocycles. The van der Waals surface area contributed by atoms with Gasteiger partial charge in [-0.3, -0.25) is 0 Å². The van der Waals surface area contributed by atoms with Gasteiger partial charge in [-0.1, -0.05) is 12.1 Å². The predicted octanol–water partition coefficient (Wildman–Crippen LogP) is 3.01. The first-order chi connectivity index (χ1) is 10.1. The molecule has 1 fully saturated rings. The second-order valence-corrected chi connectivity index (χ2v) is 5.96. The molecule has 3 atom stereocenters. The van der Waals surface area contributed by atoms with Crippen molar-refractivity contribution in [3.8, 4) is 11.5 Å². The van der Waals surface area contributed by atoms with Gasteiger partial charge in [0.05, 0.1) is 19.3 Å². The minimum atomic E-state index is 0.289. The van der Waals surface area contributed by atoms with Crippen molar-refractivity contribution in [2.45, 2.75) is 57.9 Å². The van der Waals surface area contributed by atoms with Gasteiger partial charge in [0.15, 0.2) is 11.5 Å². The van der Waals surface area contributed by atoms with Crippen molar-refractivity contribution in [1.29, 1.82) is 0 Å². The lowest BCUT2D eigenvalue weighted by molar-refractivity contribution is -0.0439. The SMILES string of the molecule is COc1ccccc1OC[C@H](C)NC1C[C@H](C)O[C@@H](C)C1. The first-order valence-electron chi connectivity index (χ1n) is 7.75. The Hall–Kier alpha value is -1.26.